The third kappa shape index (κ3) is 3.12. The lowest BCUT2D eigenvalue weighted by Gasteiger charge is -1.96. The van der Waals surface area contributed by atoms with E-state index in [0.717, 1.165) is 30.1 Å². The normalized spacial score (nSPS) is 11.0. The second-order valence-electron chi connectivity index (χ2n) is 3.90. The van der Waals surface area contributed by atoms with Crippen molar-refractivity contribution in [3.63, 3.8) is 0 Å². The summed E-state index contributed by atoms with van der Waals surface area (Å²) in [5.74, 6) is 0. The second kappa shape index (κ2) is 5.71. The maximum Gasteiger partial charge on any atom is 0.0991 e. The van der Waals surface area contributed by atoms with E-state index in [1.165, 1.54) is 15.6 Å². The molecule has 2 rings (SSSR count). The number of aryl methyl sites for hydroxylation is 2. The molecule has 2 heterocycles. The Morgan fingerprint density at radius 3 is 2.76 bits per heavy atom. The number of aromatic nitrogens is 2. The molecule has 1 N–H and O–H groups in total. The van der Waals surface area contributed by atoms with Gasteiger partial charge in [0.05, 0.1) is 21.4 Å². The largest absolute Gasteiger partial charge is 0.315 e. The molecule has 3 nitrogen and oxygen atoms in total. The summed E-state index contributed by atoms with van der Waals surface area (Å²) in [5.41, 5.74) is 2.37. The minimum Gasteiger partial charge on any atom is -0.315 e. The molecular formula is C12H17N3S2. The molecule has 0 unspecified atom stereocenters. The Balaban J connectivity index is 2.16. The highest BCUT2D eigenvalue weighted by Crippen LogP contribution is 2.22. The van der Waals surface area contributed by atoms with Gasteiger partial charge < -0.3 is 5.32 Å². The SMILES string of the molecule is CCc1nc(Cc2csc(C)n2)sc1CNC. The molecule has 2 aromatic rings. The third-order valence-corrected chi connectivity index (χ3v) is 4.41. The molecule has 0 aliphatic carbocycles. The molecule has 0 atom stereocenters. The fourth-order valence-electron chi connectivity index (χ4n) is 1.73. The summed E-state index contributed by atoms with van der Waals surface area (Å²) in [6.07, 6.45) is 1.87. The fourth-order valence-corrected chi connectivity index (χ4v) is 3.53. The first-order valence-corrected chi connectivity index (χ1v) is 7.45. The lowest BCUT2D eigenvalue weighted by Crippen LogP contribution is -2.05. The van der Waals surface area contributed by atoms with E-state index >= 15 is 0 Å². The zero-order valence-corrected chi connectivity index (χ0v) is 12.0. The van der Waals surface area contributed by atoms with Crippen molar-refractivity contribution in [3.05, 3.63) is 31.7 Å². The lowest BCUT2D eigenvalue weighted by atomic mass is 10.3. The van der Waals surface area contributed by atoms with Gasteiger partial charge in [-0.2, -0.15) is 0 Å². The van der Waals surface area contributed by atoms with Crippen LogP contribution in [0, 0.1) is 6.92 Å². The molecule has 0 saturated carbocycles. The first kappa shape index (κ1) is 12.7. The molecule has 17 heavy (non-hydrogen) atoms. The quantitative estimate of drug-likeness (QED) is 0.905. The predicted octanol–water partition coefficient (Wildman–Crippen LogP) is 2.78. The van der Waals surface area contributed by atoms with Gasteiger partial charge in [-0.05, 0) is 20.4 Å². The fraction of sp³-hybridized carbons (Fsp3) is 0.500. The Morgan fingerprint density at radius 1 is 1.35 bits per heavy atom. The van der Waals surface area contributed by atoms with Crippen LogP contribution in [-0.4, -0.2) is 17.0 Å². The predicted molar refractivity (Wildman–Crippen MR) is 73.9 cm³/mol. The molecule has 92 valence electrons. The number of rotatable bonds is 5. The van der Waals surface area contributed by atoms with Gasteiger partial charge in [-0.15, -0.1) is 22.7 Å². The van der Waals surface area contributed by atoms with Crippen LogP contribution < -0.4 is 5.32 Å². The molecule has 0 spiro atoms. The van der Waals surface area contributed by atoms with Crippen LogP contribution in [0.4, 0.5) is 0 Å². The maximum atomic E-state index is 4.69. The first-order valence-electron chi connectivity index (χ1n) is 5.76. The van der Waals surface area contributed by atoms with Gasteiger partial charge in [0, 0.05) is 23.2 Å². The third-order valence-electron chi connectivity index (χ3n) is 2.49. The standard InChI is InChI=1S/C12H17N3S2/c1-4-10-11(6-13-3)17-12(15-10)5-9-7-16-8(2)14-9/h7,13H,4-6H2,1-3H3. The average Bonchev–Trinajstić information content (AvgIpc) is 2.87. The van der Waals surface area contributed by atoms with Crippen LogP contribution >= 0.6 is 22.7 Å². The summed E-state index contributed by atoms with van der Waals surface area (Å²) in [6, 6.07) is 0. The number of nitrogens with zero attached hydrogens (tertiary/aromatic N) is 2. The Bertz CT molecular complexity index is 488. The van der Waals surface area contributed by atoms with Gasteiger partial charge in [0.15, 0.2) is 0 Å². The highest BCUT2D eigenvalue weighted by atomic mass is 32.1. The van der Waals surface area contributed by atoms with E-state index < -0.39 is 0 Å². The number of nitrogens with one attached hydrogen (secondary N) is 1. The molecule has 0 aliphatic heterocycles. The van der Waals surface area contributed by atoms with Crippen molar-refractivity contribution in [2.75, 3.05) is 7.05 Å². The van der Waals surface area contributed by atoms with Crippen LogP contribution in [0.2, 0.25) is 0 Å². The van der Waals surface area contributed by atoms with Crippen LogP contribution in [0.1, 0.15) is 33.2 Å². The van der Waals surface area contributed by atoms with Crippen LogP contribution in [0.25, 0.3) is 0 Å². The molecule has 0 aliphatic rings. The molecular weight excluding hydrogens is 250 g/mol. The van der Waals surface area contributed by atoms with Gasteiger partial charge in [0.2, 0.25) is 0 Å². The summed E-state index contributed by atoms with van der Waals surface area (Å²) in [4.78, 5) is 10.5. The van der Waals surface area contributed by atoms with Crippen molar-refractivity contribution in [2.24, 2.45) is 0 Å². The van der Waals surface area contributed by atoms with Gasteiger partial charge >= 0.3 is 0 Å². The van der Waals surface area contributed by atoms with Crippen molar-refractivity contribution >= 4 is 22.7 Å². The van der Waals surface area contributed by atoms with Crippen molar-refractivity contribution in [3.8, 4) is 0 Å². The highest BCUT2D eigenvalue weighted by Gasteiger charge is 2.10. The van der Waals surface area contributed by atoms with Crippen molar-refractivity contribution in [1.82, 2.24) is 15.3 Å². The van der Waals surface area contributed by atoms with Gasteiger partial charge in [-0.1, -0.05) is 6.92 Å². The Morgan fingerprint density at radius 2 is 2.18 bits per heavy atom. The summed E-state index contributed by atoms with van der Waals surface area (Å²) in [7, 11) is 1.97. The molecule has 0 saturated heterocycles. The Labute approximate surface area is 110 Å². The average molecular weight is 267 g/mol. The summed E-state index contributed by atoms with van der Waals surface area (Å²) < 4.78 is 0. The Kier molecular flexibility index (Phi) is 4.25. The van der Waals surface area contributed by atoms with E-state index in [4.69, 9.17) is 4.98 Å². The monoisotopic (exact) mass is 267 g/mol. The van der Waals surface area contributed by atoms with Crippen molar-refractivity contribution in [2.45, 2.75) is 33.2 Å². The summed E-state index contributed by atoms with van der Waals surface area (Å²) in [6.45, 7) is 5.11. The molecule has 5 heteroatoms. The molecule has 0 amide bonds. The number of hydrogen-bond acceptors (Lipinski definition) is 5. The van der Waals surface area contributed by atoms with E-state index in [9.17, 15) is 0 Å². The summed E-state index contributed by atoms with van der Waals surface area (Å²) >= 11 is 3.51. The van der Waals surface area contributed by atoms with Gasteiger partial charge in [0.25, 0.3) is 0 Å². The van der Waals surface area contributed by atoms with Crippen LogP contribution in [-0.2, 0) is 19.4 Å². The van der Waals surface area contributed by atoms with E-state index in [-0.39, 0.29) is 0 Å². The van der Waals surface area contributed by atoms with E-state index in [0.29, 0.717) is 0 Å². The smallest absolute Gasteiger partial charge is 0.0991 e. The first-order chi connectivity index (χ1) is 8.22. The Hall–Kier alpha value is -0.780. The van der Waals surface area contributed by atoms with Gasteiger partial charge in [-0.25, -0.2) is 9.97 Å². The molecule has 0 fully saturated rings. The lowest BCUT2D eigenvalue weighted by molar-refractivity contribution is 0.813. The van der Waals surface area contributed by atoms with Crippen LogP contribution in [0.15, 0.2) is 5.38 Å². The molecule has 0 bridgehead atoms. The number of hydrogen-bond donors (Lipinski definition) is 1. The second-order valence-corrected chi connectivity index (χ2v) is 6.13. The van der Waals surface area contributed by atoms with Gasteiger partial charge in [0.1, 0.15) is 0 Å². The topological polar surface area (TPSA) is 37.8 Å². The molecule has 0 aromatic carbocycles. The minimum atomic E-state index is 0.867. The van der Waals surface area contributed by atoms with Gasteiger partial charge in [-0.3, -0.25) is 0 Å². The van der Waals surface area contributed by atoms with Crippen LogP contribution in [0.5, 0.6) is 0 Å². The minimum absolute atomic E-state index is 0.867. The zero-order valence-electron chi connectivity index (χ0n) is 10.4. The number of thiazole rings is 2. The van der Waals surface area contributed by atoms with Crippen molar-refractivity contribution in [1.29, 1.82) is 0 Å². The van der Waals surface area contributed by atoms with E-state index in [2.05, 4.69) is 22.6 Å². The molecule has 0 radical (unpaired) electrons. The highest BCUT2D eigenvalue weighted by molar-refractivity contribution is 7.11. The van der Waals surface area contributed by atoms with Crippen molar-refractivity contribution < 1.29 is 0 Å². The van der Waals surface area contributed by atoms with E-state index in [1.54, 1.807) is 22.7 Å². The summed E-state index contributed by atoms with van der Waals surface area (Å²) in [5, 5.41) is 7.63. The van der Waals surface area contributed by atoms with E-state index in [1.807, 2.05) is 14.0 Å². The molecule has 2 aromatic heterocycles. The zero-order chi connectivity index (χ0) is 12.3. The maximum absolute atomic E-state index is 4.69. The van der Waals surface area contributed by atoms with Crippen LogP contribution in [0.3, 0.4) is 0 Å².